The average molecular weight is 826 g/mol. The summed E-state index contributed by atoms with van der Waals surface area (Å²) in [5.74, 6) is -3.23. The van der Waals surface area contributed by atoms with Crippen molar-refractivity contribution in [2.45, 2.75) is 67.6 Å². The lowest BCUT2D eigenvalue weighted by Crippen LogP contribution is -2.25. The van der Waals surface area contributed by atoms with E-state index in [1.54, 1.807) is 30.3 Å². The average Bonchev–Trinajstić information content (AvgIpc) is 4.09. The zero-order valence-electron chi connectivity index (χ0n) is 29.4. The summed E-state index contributed by atoms with van der Waals surface area (Å²) < 4.78 is 95.1. The summed E-state index contributed by atoms with van der Waals surface area (Å²) >= 11 is 13.9. The van der Waals surface area contributed by atoms with Crippen molar-refractivity contribution in [2.24, 2.45) is 11.8 Å². The van der Waals surface area contributed by atoms with Crippen LogP contribution in [0.3, 0.4) is 0 Å². The summed E-state index contributed by atoms with van der Waals surface area (Å²) in [4.78, 5) is 29.0. The third-order valence-electron chi connectivity index (χ3n) is 9.53. The van der Waals surface area contributed by atoms with Crippen molar-refractivity contribution in [3.8, 4) is 33.8 Å². The fourth-order valence-electron chi connectivity index (χ4n) is 6.34. The van der Waals surface area contributed by atoms with E-state index in [-0.39, 0.29) is 38.9 Å². The second kappa shape index (κ2) is 17.1. The van der Waals surface area contributed by atoms with E-state index < -0.39 is 49.3 Å². The van der Waals surface area contributed by atoms with Crippen LogP contribution in [0.25, 0.3) is 22.3 Å². The van der Waals surface area contributed by atoms with Crippen LogP contribution >= 0.6 is 35.0 Å². The van der Waals surface area contributed by atoms with Crippen LogP contribution in [0.2, 0.25) is 10.0 Å². The lowest BCUT2D eigenvalue weighted by atomic mass is 9.89. The van der Waals surface area contributed by atoms with Crippen LogP contribution in [0.5, 0.6) is 11.5 Å². The van der Waals surface area contributed by atoms with Crippen LogP contribution in [0.4, 0.5) is 26.3 Å². The molecular formula is C41H36Cl2F6O5S. The van der Waals surface area contributed by atoms with Crippen molar-refractivity contribution in [3.05, 3.63) is 100 Å². The fraction of sp³-hybridized carbons (Fsp3) is 0.366. The number of esters is 2. The minimum Gasteiger partial charge on any atom is -0.483 e. The first-order valence-corrected chi connectivity index (χ1v) is 19.6. The smallest absolute Gasteiger partial charge is 0.422 e. The van der Waals surface area contributed by atoms with Crippen molar-refractivity contribution < 1.29 is 50.1 Å². The Morgan fingerprint density at radius 2 is 1.11 bits per heavy atom. The van der Waals surface area contributed by atoms with Gasteiger partial charge in [0.25, 0.3) is 0 Å². The number of hydrogen-bond acceptors (Lipinski definition) is 6. The fourth-order valence-corrected chi connectivity index (χ4v) is 7.04. The van der Waals surface area contributed by atoms with Crippen molar-refractivity contribution in [1.29, 1.82) is 0 Å². The van der Waals surface area contributed by atoms with Crippen LogP contribution in [-0.4, -0.2) is 43.8 Å². The molecule has 2 atom stereocenters. The monoisotopic (exact) mass is 824 g/mol. The number of hydrogen-bond donors (Lipinski definition) is 0. The first-order valence-electron chi connectivity index (χ1n) is 17.6. The molecule has 14 heteroatoms. The van der Waals surface area contributed by atoms with Gasteiger partial charge in [-0.15, -0.1) is 11.8 Å². The highest BCUT2D eigenvalue weighted by Crippen LogP contribution is 2.45. The number of thioether (sulfide) groups is 1. The van der Waals surface area contributed by atoms with Gasteiger partial charge < -0.3 is 14.2 Å². The number of benzene rings is 4. The normalized spacial score (nSPS) is 15.7. The zero-order valence-corrected chi connectivity index (χ0v) is 31.8. The molecule has 0 aromatic heterocycles. The van der Waals surface area contributed by atoms with E-state index >= 15 is 0 Å². The molecule has 0 saturated heterocycles. The number of alkyl halides is 6. The van der Waals surface area contributed by atoms with E-state index in [4.69, 9.17) is 37.4 Å². The first-order chi connectivity index (χ1) is 26.1. The molecule has 4 aromatic rings. The Morgan fingerprint density at radius 3 is 1.53 bits per heavy atom. The first kappa shape index (κ1) is 40.8. The second-order valence-electron chi connectivity index (χ2n) is 13.9. The molecule has 0 radical (unpaired) electrons. The number of carbonyl (C=O) groups is 2. The van der Waals surface area contributed by atoms with Gasteiger partial charge in [0.15, 0.2) is 13.2 Å². The van der Waals surface area contributed by atoms with Crippen LogP contribution in [0, 0.1) is 11.8 Å². The highest BCUT2D eigenvalue weighted by molar-refractivity contribution is 7.98. The van der Waals surface area contributed by atoms with Gasteiger partial charge in [-0.25, -0.2) is 0 Å². The third kappa shape index (κ3) is 11.4. The molecular weight excluding hydrogens is 789 g/mol. The minimum absolute atomic E-state index is 0.0162. The number of halogens is 8. The van der Waals surface area contributed by atoms with Crippen molar-refractivity contribution in [1.82, 2.24) is 0 Å². The molecule has 2 aliphatic rings. The molecule has 2 saturated carbocycles. The SMILES string of the molecule is CSc1ccc(-c2cc(C(CC3CC3)C(=O)OC(=O)C(CC3CC3)c3ccc(OCC(F)(F)F)c(-c4ccc(Cl)c(Cl)c4)c3)ccc2OCC(F)(F)F)cc1. The Labute approximate surface area is 328 Å². The molecule has 2 fully saturated rings. The van der Waals surface area contributed by atoms with Gasteiger partial charge in [0.2, 0.25) is 0 Å². The predicted molar refractivity (Wildman–Crippen MR) is 200 cm³/mol. The third-order valence-corrected chi connectivity index (χ3v) is 11.0. The molecule has 55 heavy (non-hydrogen) atoms. The molecule has 0 spiro atoms. The van der Waals surface area contributed by atoms with E-state index in [2.05, 4.69) is 0 Å². The van der Waals surface area contributed by atoms with E-state index in [1.165, 1.54) is 48.2 Å². The van der Waals surface area contributed by atoms with Gasteiger partial charge in [-0.3, -0.25) is 9.59 Å². The molecule has 4 aromatic carbocycles. The highest BCUT2D eigenvalue weighted by atomic mass is 35.5. The molecule has 2 unspecified atom stereocenters. The van der Waals surface area contributed by atoms with Gasteiger partial charge >= 0.3 is 24.3 Å². The maximum atomic E-state index is 14.0. The molecule has 6 rings (SSSR count). The standard InChI is InChI=1S/C41H36Cl2F6O5S/c1-55-29-11-6-25(7-12-29)30-18-26(9-14-36(30)52-21-40(44,45)46)32(16-23-2-3-23)38(50)54-39(51)33(17-24-4-5-24)27-10-15-37(53-22-41(47,48)49)31(19-27)28-8-13-34(42)35(43)20-28/h6-15,18-20,23-24,32-33H,2-5,16-17,21-22H2,1H3. The van der Waals surface area contributed by atoms with Crippen LogP contribution in [0.1, 0.15) is 61.5 Å². The number of carbonyl (C=O) groups excluding carboxylic acids is 2. The summed E-state index contributed by atoms with van der Waals surface area (Å²) in [6, 6.07) is 20.6. The van der Waals surface area contributed by atoms with Gasteiger partial charge in [0, 0.05) is 16.0 Å². The minimum atomic E-state index is -4.61. The van der Waals surface area contributed by atoms with E-state index in [1.807, 2.05) is 18.4 Å². The second-order valence-corrected chi connectivity index (χ2v) is 15.6. The Balaban J connectivity index is 1.31. The van der Waals surface area contributed by atoms with Gasteiger partial charge in [-0.1, -0.05) is 79.2 Å². The Kier molecular flexibility index (Phi) is 12.7. The molecule has 0 heterocycles. The van der Waals surface area contributed by atoms with E-state index in [0.717, 1.165) is 30.6 Å². The van der Waals surface area contributed by atoms with Gasteiger partial charge in [0.1, 0.15) is 11.5 Å². The summed E-state index contributed by atoms with van der Waals surface area (Å²) in [6.07, 6.45) is -3.13. The van der Waals surface area contributed by atoms with E-state index in [9.17, 15) is 35.9 Å². The largest absolute Gasteiger partial charge is 0.483 e. The van der Waals surface area contributed by atoms with Crippen molar-refractivity contribution in [2.75, 3.05) is 19.5 Å². The molecule has 0 amide bonds. The summed E-state index contributed by atoms with van der Waals surface area (Å²) in [6.45, 7) is -3.06. The van der Waals surface area contributed by atoms with Gasteiger partial charge in [-0.2, -0.15) is 26.3 Å². The zero-order chi connectivity index (χ0) is 39.5. The van der Waals surface area contributed by atoms with Gasteiger partial charge in [-0.05, 0) is 102 Å². The van der Waals surface area contributed by atoms with Crippen LogP contribution in [-0.2, 0) is 14.3 Å². The van der Waals surface area contributed by atoms with E-state index in [0.29, 0.717) is 40.7 Å². The van der Waals surface area contributed by atoms with Crippen molar-refractivity contribution in [3.63, 3.8) is 0 Å². The van der Waals surface area contributed by atoms with Crippen LogP contribution in [0.15, 0.2) is 83.8 Å². The maximum Gasteiger partial charge on any atom is 0.422 e. The van der Waals surface area contributed by atoms with Crippen molar-refractivity contribution >= 4 is 46.9 Å². The molecule has 2 aliphatic carbocycles. The topological polar surface area (TPSA) is 61.8 Å². The number of ether oxygens (including phenoxy) is 3. The molecule has 0 N–H and O–H groups in total. The lowest BCUT2D eigenvalue weighted by Gasteiger charge is -2.22. The molecule has 0 bridgehead atoms. The Bertz CT molecular complexity index is 2010. The number of rotatable bonds is 15. The summed E-state index contributed by atoms with van der Waals surface area (Å²) in [5.41, 5.74) is 2.43. The molecule has 5 nitrogen and oxygen atoms in total. The quantitative estimate of drug-likeness (QED) is 0.0515. The Hall–Kier alpha value is -3.87. The summed E-state index contributed by atoms with van der Waals surface area (Å²) in [7, 11) is 0. The lowest BCUT2D eigenvalue weighted by molar-refractivity contribution is -0.162. The maximum absolute atomic E-state index is 14.0. The van der Waals surface area contributed by atoms with Gasteiger partial charge in [0.05, 0.1) is 21.9 Å². The predicted octanol–water partition coefficient (Wildman–Crippen LogP) is 12.5. The summed E-state index contributed by atoms with van der Waals surface area (Å²) in [5, 5.41) is 0.394. The molecule has 292 valence electrons. The highest BCUT2D eigenvalue weighted by Gasteiger charge is 2.37. The van der Waals surface area contributed by atoms with Crippen LogP contribution < -0.4 is 9.47 Å². The molecule has 0 aliphatic heterocycles. The Morgan fingerprint density at radius 1 is 0.655 bits per heavy atom.